The number of anilines is 1. The zero-order valence-corrected chi connectivity index (χ0v) is 9.04. The maximum Gasteiger partial charge on any atom is 0.226 e. The van der Waals surface area contributed by atoms with E-state index in [0.29, 0.717) is 6.42 Å². The zero-order chi connectivity index (χ0) is 11.0. The number of hydrogen-bond acceptors (Lipinski definition) is 4. The van der Waals surface area contributed by atoms with Gasteiger partial charge in [0.2, 0.25) is 11.9 Å². The van der Waals surface area contributed by atoms with Gasteiger partial charge in [-0.3, -0.25) is 4.79 Å². The monoisotopic (exact) mass is 218 g/mol. The van der Waals surface area contributed by atoms with Crippen LogP contribution in [0.4, 0.5) is 5.95 Å². The highest BCUT2D eigenvalue weighted by Gasteiger charge is 2.38. The number of carbonyl (C=O) groups is 1. The molecule has 0 saturated carbocycles. The van der Waals surface area contributed by atoms with Crippen molar-refractivity contribution >= 4 is 11.9 Å². The van der Waals surface area contributed by atoms with Crippen molar-refractivity contribution in [1.82, 2.24) is 14.9 Å². The Bertz CT molecular complexity index is 394. The number of rotatable bonds is 1. The summed E-state index contributed by atoms with van der Waals surface area (Å²) in [5.74, 6) is 1.02. The van der Waals surface area contributed by atoms with Crippen LogP contribution in [-0.4, -0.2) is 40.0 Å². The van der Waals surface area contributed by atoms with Crippen LogP contribution in [0.1, 0.15) is 19.3 Å². The summed E-state index contributed by atoms with van der Waals surface area (Å²) in [6, 6.07) is 1.81. The number of fused-ring (bicyclic) bond motifs is 1. The van der Waals surface area contributed by atoms with Gasteiger partial charge in [-0.1, -0.05) is 0 Å². The summed E-state index contributed by atoms with van der Waals surface area (Å²) in [7, 11) is 0. The first-order chi connectivity index (χ1) is 7.86. The minimum atomic E-state index is 0.184. The Morgan fingerprint density at radius 1 is 1.19 bits per heavy atom. The van der Waals surface area contributed by atoms with Crippen molar-refractivity contribution in [3.63, 3.8) is 0 Å². The Balaban J connectivity index is 1.89. The second kappa shape index (κ2) is 3.73. The summed E-state index contributed by atoms with van der Waals surface area (Å²) in [5.41, 5.74) is 0. The second-order valence-electron chi connectivity index (χ2n) is 4.20. The van der Waals surface area contributed by atoms with E-state index in [2.05, 4.69) is 14.9 Å². The Morgan fingerprint density at radius 3 is 2.81 bits per heavy atom. The van der Waals surface area contributed by atoms with Gasteiger partial charge in [-0.25, -0.2) is 9.97 Å². The van der Waals surface area contributed by atoms with Crippen LogP contribution in [0.25, 0.3) is 0 Å². The molecule has 2 fully saturated rings. The fourth-order valence-corrected chi connectivity index (χ4v) is 2.55. The van der Waals surface area contributed by atoms with Crippen LogP contribution in [0.3, 0.4) is 0 Å². The van der Waals surface area contributed by atoms with E-state index < -0.39 is 0 Å². The molecule has 2 saturated heterocycles. The van der Waals surface area contributed by atoms with E-state index in [0.717, 1.165) is 31.9 Å². The molecule has 3 rings (SSSR count). The molecule has 1 amide bonds. The molecule has 1 atom stereocenters. The first-order valence-corrected chi connectivity index (χ1v) is 5.69. The second-order valence-corrected chi connectivity index (χ2v) is 4.20. The van der Waals surface area contributed by atoms with E-state index in [1.807, 2.05) is 11.0 Å². The molecule has 1 aromatic rings. The lowest BCUT2D eigenvalue weighted by Gasteiger charge is -2.39. The molecule has 5 nitrogen and oxygen atoms in total. The minimum Gasteiger partial charge on any atom is -0.322 e. The predicted molar refractivity (Wildman–Crippen MR) is 58.7 cm³/mol. The number of carbonyl (C=O) groups excluding carboxylic acids is 1. The van der Waals surface area contributed by atoms with Gasteiger partial charge in [-0.05, 0) is 18.9 Å². The molecule has 0 aliphatic carbocycles. The van der Waals surface area contributed by atoms with Gasteiger partial charge >= 0.3 is 0 Å². The number of hydrogen-bond donors (Lipinski definition) is 0. The van der Waals surface area contributed by atoms with Crippen molar-refractivity contribution in [2.75, 3.05) is 18.0 Å². The summed E-state index contributed by atoms with van der Waals surface area (Å²) in [4.78, 5) is 24.3. The highest BCUT2D eigenvalue weighted by Crippen LogP contribution is 2.28. The van der Waals surface area contributed by atoms with Gasteiger partial charge in [0.05, 0.1) is 0 Å². The van der Waals surface area contributed by atoms with Crippen molar-refractivity contribution in [2.45, 2.75) is 25.4 Å². The standard InChI is InChI=1S/C11H14N4O/c16-10-4-8-15(9-3-1-7-14(9)10)11-12-5-2-6-13-11/h2,5-6,9H,1,3-4,7-8H2. The quantitative estimate of drug-likeness (QED) is 0.694. The van der Waals surface area contributed by atoms with Crippen LogP contribution in [0.15, 0.2) is 18.5 Å². The van der Waals surface area contributed by atoms with Crippen molar-refractivity contribution < 1.29 is 4.79 Å². The van der Waals surface area contributed by atoms with Crippen LogP contribution in [-0.2, 0) is 4.79 Å². The molecule has 1 unspecified atom stereocenters. The first kappa shape index (κ1) is 9.57. The fraction of sp³-hybridized carbons (Fsp3) is 0.545. The van der Waals surface area contributed by atoms with Gasteiger partial charge < -0.3 is 9.80 Å². The lowest BCUT2D eigenvalue weighted by Crippen LogP contribution is -2.53. The molecule has 1 aromatic heterocycles. The summed E-state index contributed by atoms with van der Waals surface area (Å²) in [6.07, 6.45) is 6.37. The SMILES string of the molecule is O=C1CCN(c2ncccn2)C2CCCN12. The molecule has 16 heavy (non-hydrogen) atoms. The molecule has 2 aliphatic heterocycles. The molecule has 3 heterocycles. The Hall–Kier alpha value is -1.65. The molecule has 0 spiro atoms. The van der Waals surface area contributed by atoms with Crippen molar-refractivity contribution in [3.8, 4) is 0 Å². The van der Waals surface area contributed by atoms with E-state index in [1.165, 1.54) is 0 Å². The summed E-state index contributed by atoms with van der Waals surface area (Å²) in [6.45, 7) is 1.62. The third kappa shape index (κ3) is 1.43. The van der Waals surface area contributed by atoms with E-state index in [1.54, 1.807) is 12.4 Å². The third-order valence-electron chi connectivity index (χ3n) is 3.28. The summed E-state index contributed by atoms with van der Waals surface area (Å²) < 4.78 is 0. The largest absolute Gasteiger partial charge is 0.322 e. The Kier molecular flexibility index (Phi) is 2.23. The van der Waals surface area contributed by atoms with Gasteiger partial charge in [-0.15, -0.1) is 0 Å². The van der Waals surface area contributed by atoms with Gasteiger partial charge in [0, 0.05) is 31.9 Å². The number of nitrogens with zero attached hydrogens (tertiary/aromatic N) is 4. The van der Waals surface area contributed by atoms with Crippen LogP contribution in [0, 0.1) is 0 Å². The topological polar surface area (TPSA) is 49.3 Å². The van der Waals surface area contributed by atoms with E-state index in [9.17, 15) is 4.79 Å². The maximum atomic E-state index is 11.7. The molecule has 84 valence electrons. The maximum absolute atomic E-state index is 11.7. The molecule has 5 heteroatoms. The van der Waals surface area contributed by atoms with E-state index >= 15 is 0 Å². The smallest absolute Gasteiger partial charge is 0.226 e. The minimum absolute atomic E-state index is 0.184. The molecule has 0 N–H and O–H groups in total. The van der Waals surface area contributed by atoms with Crippen LogP contribution >= 0.6 is 0 Å². The van der Waals surface area contributed by atoms with Gasteiger partial charge in [0.15, 0.2) is 0 Å². The van der Waals surface area contributed by atoms with Crippen LogP contribution in [0.5, 0.6) is 0 Å². The lowest BCUT2D eigenvalue weighted by molar-refractivity contribution is -0.133. The lowest BCUT2D eigenvalue weighted by atomic mass is 10.2. The predicted octanol–water partition coefficient (Wildman–Crippen LogP) is 0.635. The van der Waals surface area contributed by atoms with Crippen molar-refractivity contribution in [2.24, 2.45) is 0 Å². The van der Waals surface area contributed by atoms with Crippen LogP contribution < -0.4 is 4.90 Å². The fourth-order valence-electron chi connectivity index (χ4n) is 2.55. The average Bonchev–Trinajstić information content (AvgIpc) is 2.81. The zero-order valence-electron chi connectivity index (χ0n) is 9.04. The normalized spacial score (nSPS) is 24.8. The van der Waals surface area contributed by atoms with Gasteiger partial charge in [0.1, 0.15) is 6.17 Å². The molecule has 2 aliphatic rings. The van der Waals surface area contributed by atoms with Crippen molar-refractivity contribution in [1.29, 1.82) is 0 Å². The summed E-state index contributed by atoms with van der Waals surface area (Å²) in [5, 5.41) is 0. The third-order valence-corrected chi connectivity index (χ3v) is 3.28. The molecule has 0 radical (unpaired) electrons. The highest BCUT2D eigenvalue weighted by atomic mass is 16.2. The molecular formula is C11H14N4O. The van der Waals surface area contributed by atoms with Gasteiger partial charge in [-0.2, -0.15) is 0 Å². The van der Waals surface area contributed by atoms with Gasteiger partial charge in [0.25, 0.3) is 0 Å². The first-order valence-electron chi connectivity index (χ1n) is 5.69. The highest BCUT2D eigenvalue weighted by molar-refractivity contribution is 5.79. The van der Waals surface area contributed by atoms with Crippen LogP contribution in [0.2, 0.25) is 0 Å². The number of amides is 1. The Labute approximate surface area is 94.1 Å². The summed E-state index contributed by atoms with van der Waals surface area (Å²) >= 11 is 0. The molecule has 0 aromatic carbocycles. The van der Waals surface area contributed by atoms with E-state index in [-0.39, 0.29) is 12.1 Å². The molecular weight excluding hydrogens is 204 g/mol. The average molecular weight is 218 g/mol. The van der Waals surface area contributed by atoms with Crippen molar-refractivity contribution in [3.05, 3.63) is 18.5 Å². The Morgan fingerprint density at radius 2 is 2.00 bits per heavy atom. The number of aromatic nitrogens is 2. The van der Waals surface area contributed by atoms with E-state index in [4.69, 9.17) is 0 Å². The molecule has 0 bridgehead atoms.